The van der Waals surface area contributed by atoms with Crippen LogP contribution in [0.15, 0.2) is 51.1 Å². The van der Waals surface area contributed by atoms with Crippen LogP contribution in [-0.4, -0.2) is 44.9 Å². The largest absolute Gasteiger partial charge is 0.493 e. The zero-order valence-electron chi connectivity index (χ0n) is 17.9. The van der Waals surface area contributed by atoms with Gasteiger partial charge in [0.05, 0.1) is 32.0 Å². The molecule has 0 aliphatic carbocycles. The number of rotatable bonds is 8. The molecular formula is C21H21IN4O7. The zero-order valence-corrected chi connectivity index (χ0v) is 20.1. The van der Waals surface area contributed by atoms with Crippen molar-refractivity contribution >= 4 is 46.7 Å². The molecule has 1 aromatic carbocycles. The smallest absolute Gasteiger partial charge is 0.337 e. The number of hydrazone groups is 1. The fourth-order valence-corrected chi connectivity index (χ4v) is 3.48. The van der Waals surface area contributed by atoms with Gasteiger partial charge in [0.25, 0.3) is 5.91 Å². The van der Waals surface area contributed by atoms with E-state index >= 15 is 0 Å². The summed E-state index contributed by atoms with van der Waals surface area (Å²) in [6.07, 6.45) is 1.37. The molecule has 1 aliphatic heterocycles. The minimum atomic E-state index is -0.753. The minimum Gasteiger partial charge on any atom is -0.493 e. The molecule has 0 bridgehead atoms. The van der Waals surface area contributed by atoms with Gasteiger partial charge in [-0.15, -0.1) is 0 Å². The van der Waals surface area contributed by atoms with E-state index in [4.69, 9.17) is 18.6 Å². The Morgan fingerprint density at radius 3 is 2.70 bits per heavy atom. The Morgan fingerprint density at radius 1 is 1.24 bits per heavy atom. The molecule has 2 aromatic rings. The monoisotopic (exact) mass is 568 g/mol. The van der Waals surface area contributed by atoms with Crippen LogP contribution in [0.3, 0.4) is 0 Å². The van der Waals surface area contributed by atoms with E-state index in [-0.39, 0.29) is 12.2 Å². The second-order valence-corrected chi connectivity index (χ2v) is 7.76. The molecule has 1 aromatic heterocycles. The number of methoxy groups -OCH3 is 2. The van der Waals surface area contributed by atoms with E-state index in [0.29, 0.717) is 32.3 Å². The number of furan rings is 1. The molecule has 3 rings (SSSR count). The zero-order chi connectivity index (χ0) is 24.0. The van der Waals surface area contributed by atoms with Gasteiger partial charge in [-0.2, -0.15) is 5.10 Å². The van der Waals surface area contributed by atoms with E-state index in [0.717, 1.165) is 0 Å². The van der Waals surface area contributed by atoms with Crippen molar-refractivity contribution < 1.29 is 33.0 Å². The number of hydrogen-bond acceptors (Lipinski definition) is 8. The number of halogens is 1. The Kier molecular flexibility index (Phi) is 7.92. The second-order valence-electron chi connectivity index (χ2n) is 6.70. The lowest BCUT2D eigenvalue weighted by atomic mass is 9.95. The van der Waals surface area contributed by atoms with E-state index in [1.165, 1.54) is 20.4 Å². The van der Waals surface area contributed by atoms with Gasteiger partial charge in [0.15, 0.2) is 21.9 Å². The van der Waals surface area contributed by atoms with Crippen LogP contribution in [0.5, 0.6) is 11.5 Å². The molecule has 0 spiro atoms. The highest BCUT2D eigenvalue weighted by molar-refractivity contribution is 14.1. The second kappa shape index (κ2) is 10.8. The summed E-state index contributed by atoms with van der Waals surface area (Å²) in [5.74, 6) is 0.0326. The highest BCUT2D eigenvalue weighted by atomic mass is 127. The Balaban J connectivity index is 1.69. The van der Waals surface area contributed by atoms with Crippen molar-refractivity contribution in [2.24, 2.45) is 5.10 Å². The Morgan fingerprint density at radius 2 is 2.03 bits per heavy atom. The summed E-state index contributed by atoms with van der Waals surface area (Å²) in [6.45, 7) is 1.29. The van der Waals surface area contributed by atoms with Gasteiger partial charge < -0.3 is 29.3 Å². The van der Waals surface area contributed by atoms with E-state index in [9.17, 15) is 14.4 Å². The molecule has 0 saturated carbocycles. The maximum atomic E-state index is 12.3. The van der Waals surface area contributed by atoms with Crippen molar-refractivity contribution in [2.45, 2.75) is 13.0 Å². The number of urea groups is 1. The predicted octanol–water partition coefficient (Wildman–Crippen LogP) is 2.22. The van der Waals surface area contributed by atoms with Crippen molar-refractivity contribution in [2.75, 3.05) is 20.8 Å². The minimum absolute atomic E-state index is 0.260. The van der Waals surface area contributed by atoms with Crippen LogP contribution in [-0.2, 0) is 14.3 Å². The summed E-state index contributed by atoms with van der Waals surface area (Å²) < 4.78 is 21.8. The van der Waals surface area contributed by atoms with E-state index in [1.54, 1.807) is 37.3 Å². The normalized spacial score (nSPS) is 15.6. The van der Waals surface area contributed by atoms with Crippen LogP contribution < -0.4 is 25.5 Å². The Bertz CT molecular complexity index is 1130. The number of hydrogen-bond donors (Lipinski definition) is 3. The molecule has 33 heavy (non-hydrogen) atoms. The van der Waals surface area contributed by atoms with Gasteiger partial charge in [-0.3, -0.25) is 4.79 Å². The number of nitrogens with one attached hydrogen (secondary N) is 3. The summed E-state index contributed by atoms with van der Waals surface area (Å²) >= 11 is 2.02. The van der Waals surface area contributed by atoms with E-state index < -0.39 is 23.9 Å². The Labute approximate surface area is 202 Å². The average molecular weight is 568 g/mol. The first-order chi connectivity index (χ1) is 15.8. The van der Waals surface area contributed by atoms with Crippen LogP contribution in [0.25, 0.3) is 0 Å². The lowest BCUT2D eigenvalue weighted by Crippen LogP contribution is -2.45. The summed E-state index contributed by atoms with van der Waals surface area (Å²) in [4.78, 5) is 36.2. The fraction of sp³-hybridized carbons (Fsp3) is 0.238. The van der Waals surface area contributed by atoms with E-state index in [1.807, 2.05) is 22.6 Å². The molecule has 11 nitrogen and oxygen atoms in total. The molecule has 0 fully saturated rings. The molecule has 2 heterocycles. The van der Waals surface area contributed by atoms with Gasteiger partial charge in [-0.1, -0.05) is 6.07 Å². The highest BCUT2D eigenvalue weighted by Gasteiger charge is 2.32. The fourth-order valence-electron chi connectivity index (χ4n) is 3.05. The third-order valence-corrected chi connectivity index (χ3v) is 5.11. The summed E-state index contributed by atoms with van der Waals surface area (Å²) in [5, 5.41) is 9.05. The van der Waals surface area contributed by atoms with Crippen LogP contribution in [0.4, 0.5) is 4.79 Å². The number of allylic oxidation sites excluding steroid dienone is 1. The SMILES string of the molecule is COC(=O)C1=C(C)NC(=O)N[C@H]1c1ccc(OCC(=O)N/N=C\c2ccc(I)o2)c(OC)c1. The maximum absolute atomic E-state index is 12.3. The van der Waals surface area contributed by atoms with Crippen LogP contribution >= 0.6 is 22.6 Å². The van der Waals surface area contributed by atoms with Crippen LogP contribution in [0.2, 0.25) is 0 Å². The summed E-state index contributed by atoms with van der Waals surface area (Å²) in [6, 6.07) is 7.11. The first kappa shape index (κ1) is 24.1. The first-order valence-corrected chi connectivity index (χ1v) is 10.6. The molecule has 1 atom stereocenters. The van der Waals surface area contributed by atoms with E-state index in [2.05, 4.69) is 21.2 Å². The standard InChI is InChI=1S/C21H21IN4O7/c1-11-18(20(28)31-3)19(25-21(29)24-11)12-4-6-14(15(8-12)30-2)32-10-17(27)26-23-9-13-5-7-16(22)33-13/h4-9,19H,10H2,1-3H3,(H,26,27)(H2,24,25,29)/b23-9-/t19-/m0/s1. The topological polar surface area (TPSA) is 140 Å². The lowest BCUT2D eigenvalue weighted by molar-refractivity contribution is -0.136. The van der Waals surface area contributed by atoms with Crippen molar-refractivity contribution in [3.63, 3.8) is 0 Å². The van der Waals surface area contributed by atoms with Gasteiger partial charge in [-0.05, 0) is 59.3 Å². The predicted molar refractivity (Wildman–Crippen MR) is 125 cm³/mol. The lowest BCUT2D eigenvalue weighted by Gasteiger charge is -2.28. The van der Waals surface area contributed by atoms with Crippen molar-refractivity contribution in [3.8, 4) is 11.5 Å². The van der Waals surface area contributed by atoms with Crippen LogP contribution in [0.1, 0.15) is 24.3 Å². The van der Waals surface area contributed by atoms with Gasteiger partial charge >= 0.3 is 12.0 Å². The molecule has 1 aliphatic rings. The molecule has 3 amide bonds. The van der Waals surface area contributed by atoms with Crippen molar-refractivity contribution in [1.82, 2.24) is 16.1 Å². The number of amides is 3. The highest BCUT2D eigenvalue weighted by Crippen LogP contribution is 2.34. The Hall–Kier alpha value is -3.55. The van der Waals surface area contributed by atoms with Crippen molar-refractivity contribution in [1.29, 1.82) is 0 Å². The molecule has 0 radical (unpaired) electrons. The molecule has 0 saturated heterocycles. The number of carbonyl (C=O) groups is 3. The average Bonchev–Trinajstić information content (AvgIpc) is 3.21. The molecule has 174 valence electrons. The van der Waals surface area contributed by atoms with Gasteiger partial charge in [0.2, 0.25) is 0 Å². The van der Waals surface area contributed by atoms with Gasteiger partial charge in [-0.25, -0.2) is 15.0 Å². The molecule has 3 N–H and O–H groups in total. The summed E-state index contributed by atoms with van der Waals surface area (Å²) in [7, 11) is 2.70. The quantitative estimate of drug-likeness (QED) is 0.192. The maximum Gasteiger partial charge on any atom is 0.337 e. The molecule has 0 unspecified atom stereocenters. The number of nitrogens with zero attached hydrogens (tertiary/aromatic N) is 1. The third kappa shape index (κ3) is 6.03. The number of carbonyl (C=O) groups excluding carboxylic acids is 3. The third-order valence-electron chi connectivity index (χ3n) is 4.53. The number of ether oxygens (including phenoxy) is 3. The van der Waals surface area contributed by atoms with Gasteiger partial charge in [0, 0.05) is 5.70 Å². The first-order valence-electron chi connectivity index (χ1n) is 9.57. The van der Waals surface area contributed by atoms with Gasteiger partial charge in [0.1, 0.15) is 5.76 Å². The number of esters is 1. The van der Waals surface area contributed by atoms with Crippen LogP contribution in [0, 0.1) is 3.77 Å². The molecule has 12 heteroatoms. The van der Waals surface area contributed by atoms with Crippen molar-refractivity contribution in [3.05, 3.63) is 56.7 Å². The summed E-state index contributed by atoms with van der Waals surface area (Å²) in [5.41, 5.74) is 3.55. The number of benzene rings is 1. The molecular weight excluding hydrogens is 547 g/mol.